The molecule has 4 heteroatoms. The Morgan fingerprint density at radius 1 is 1.25 bits per heavy atom. The van der Waals surface area contributed by atoms with E-state index >= 15 is 0 Å². The Labute approximate surface area is 39.7 Å². The first-order chi connectivity index (χ1) is 1.41. The molecule has 0 spiro atoms. The third-order valence-corrected chi connectivity index (χ3v) is 0. The molecule has 19 valence electrons. The fraction of sp³-hybridized carbons (Fsp3) is 0. The molecule has 0 rings (SSSR count). The van der Waals surface area contributed by atoms with Gasteiger partial charge < -0.3 is 0 Å². The van der Waals surface area contributed by atoms with Gasteiger partial charge in [-0.1, -0.05) is 0 Å². The molecule has 0 radical (unpaired) electrons. The van der Waals surface area contributed by atoms with Crippen LogP contribution >= 0.6 is 0 Å². The van der Waals surface area contributed by atoms with E-state index in [4.69, 9.17) is 10.6 Å². The topological polar surface area (TPSA) is 0 Å². The van der Waals surface area contributed by atoms with Gasteiger partial charge in [-0.05, 0) is 11.0 Å². The molecule has 0 bridgehead atoms. The maximum atomic E-state index is 4.78. The third-order valence-electron chi connectivity index (χ3n) is 0. The Morgan fingerprint density at radius 2 is 1.25 bits per heavy atom. The van der Waals surface area contributed by atoms with Gasteiger partial charge in [0, 0.05) is 0 Å². The normalized spacial score (nSPS) is 3.00. The summed E-state index contributed by atoms with van der Waals surface area (Å²) in [6.07, 6.45) is 0. The quantitative estimate of drug-likeness (QED) is 0.340. The van der Waals surface area contributed by atoms with Crippen molar-refractivity contribution in [3.8, 4) is 0 Å². The van der Waals surface area contributed by atoms with Gasteiger partial charge in [-0.2, -0.15) is 0 Å². The van der Waals surface area contributed by atoms with Gasteiger partial charge in [-0.15, -0.1) is 0 Å². The third kappa shape index (κ3) is 11.4. The van der Waals surface area contributed by atoms with Crippen LogP contribution in [0, 0.1) is 0 Å². The molecule has 0 aliphatic carbocycles. The predicted molar refractivity (Wildman–Crippen MR) is 22.8 cm³/mol. The Balaban J connectivity index is 0. The van der Waals surface area contributed by atoms with E-state index < -0.39 is 17.9 Å². The summed E-state index contributed by atoms with van der Waals surface area (Å²) >= 11 is -0.650. The second kappa shape index (κ2) is 8.94. The fourth-order valence-corrected chi connectivity index (χ4v) is 0. The van der Waals surface area contributed by atoms with Gasteiger partial charge in [0.15, 0.2) is 0 Å². The van der Waals surface area contributed by atoms with Gasteiger partial charge in [0.1, 0.15) is 0 Å². The van der Waals surface area contributed by atoms with Crippen LogP contribution in [0.5, 0.6) is 0 Å². The van der Waals surface area contributed by atoms with Crippen molar-refractivity contribution >= 4 is 21.5 Å². The molecule has 0 aromatic rings. The summed E-state index contributed by atoms with van der Waals surface area (Å²) in [5, 5.41) is 9.55. The van der Waals surface area contributed by atoms with Crippen LogP contribution in [0.15, 0.2) is 0 Å². The van der Waals surface area contributed by atoms with Gasteiger partial charge in [0.25, 0.3) is 0 Å². The molecule has 0 aliphatic heterocycles. The summed E-state index contributed by atoms with van der Waals surface area (Å²) in [5.41, 5.74) is 0. The number of rotatable bonds is 0. The van der Waals surface area contributed by atoms with Gasteiger partial charge >= 0.3 is 28.5 Å². The van der Waals surface area contributed by atoms with Crippen molar-refractivity contribution in [2.75, 3.05) is 0 Å². The van der Waals surface area contributed by atoms with E-state index in [1.807, 2.05) is 0 Å². The van der Waals surface area contributed by atoms with Gasteiger partial charge in [-0.25, -0.2) is 0 Å². The first kappa shape index (κ1) is 8.92. The minimum Gasteiger partial charge on any atom is -0.0149 e. The molecule has 0 N–H and O–H groups in total. The van der Waals surface area contributed by atoms with Crippen LogP contribution in [-0.4, -0.2) is 21.5 Å². The average Bonchev–Trinajstić information content (AvgIpc) is 0.918. The minimum atomic E-state index is -0.650. The minimum absolute atomic E-state index is 0. The van der Waals surface area contributed by atoms with Gasteiger partial charge in [0.2, 0.25) is 0 Å². The van der Waals surface area contributed by atoms with Crippen molar-refractivity contribution in [2.24, 2.45) is 0 Å². The second-order valence-electron chi connectivity index (χ2n) is 0.149. The van der Waals surface area contributed by atoms with Gasteiger partial charge in [-0.3, -0.25) is 0 Å². The zero-order valence-corrected chi connectivity index (χ0v) is 3.80. The summed E-state index contributed by atoms with van der Waals surface area (Å²) in [4.78, 5) is 0. The summed E-state index contributed by atoms with van der Waals surface area (Å²) in [6, 6.07) is 0. The average molecular weight is 147 g/mol. The Kier molecular flexibility index (Phi) is 19.9. The summed E-state index contributed by atoms with van der Waals surface area (Å²) in [7, 11) is 0. The first-order valence-corrected chi connectivity index (χ1v) is 3.06. The molecule has 0 aromatic carbocycles. The Bertz CT molecular complexity index is 79.2. The van der Waals surface area contributed by atoms with E-state index in [9.17, 15) is 0 Å². The molecular formula is H4B2NbSi. The van der Waals surface area contributed by atoms with Crippen molar-refractivity contribution in [1.82, 2.24) is 0 Å². The van der Waals surface area contributed by atoms with E-state index in [1.54, 1.807) is 0 Å². The Hall–Kier alpha value is 1.09. The monoisotopic (exact) mass is 147 g/mol. The molecule has 0 unspecified atom stereocenters. The SMILES string of the molecule is [B]#[Nb]#[B].[SiH4]. The molecule has 0 amide bonds. The van der Waals surface area contributed by atoms with Gasteiger partial charge in [0.05, 0.1) is 0 Å². The molecule has 0 aliphatic rings. The maximum Gasteiger partial charge on any atom is -0.0149 e. The molecule has 0 fully saturated rings. The molecule has 0 saturated heterocycles. The van der Waals surface area contributed by atoms with Crippen LogP contribution < -0.4 is 0 Å². The summed E-state index contributed by atoms with van der Waals surface area (Å²) < 4.78 is 0. The number of hydrogen-bond donors (Lipinski definition) is 0. The van der Waals surface area contributed by atoms with Crippen molar-refractivity contribution in [3.63, 3.8) is 0 Å². The molecule has 0 nitrogen and oxygen atoms in total. The zero-order valence-electron chi connectivity index (χ0n) is 1.60. The van der Waals surface area contributed by atoms with Crippen LogP contribution in [0.25, 0.3) is 0 Å². The van der Waals surface area contributed by atoms with Crippen molar-refractivity contribution in [2.45, 2.75) is 0 Å². The molecule has 0 atom stereocenters. The largest absolute Gasteiger partial charge is 0.0149 e. The smallest absolute Gasteiger partial charge is 0.0149 e. The van der Waals surface area contributed by atoms with Crippen LogP contribution in [-0.2, 0) is 17.9 Å². The molecular weight excluding hydrogens is 143 g/mol. The first-order valence-electron chi connectivity index (χ1n) is 0.516. The number of hydrogen-bond acceptors (Lipinski definition) is 0. The van der Waals surface area contributed by atoms with Crippen molar-refractivity contribution in [3.05, 3.63) is 0 Å². The van der Waals surface area contributed by atoms with Crippen LogP contribution in [0.2, 0.25) is 0 Å². The van der Waals surface area contributed by atoms with Crippen LogP contribution in [0.3, 0.4) is 0 Å². The summed E-state index contributed by atoms with van der Waals surface area (Å²) in [6.45, 7) is 0. The zero-order chi connectivity index (χ0) is 2.71. The van der Waals surface area contributed by atoms with Crippen molar-refractivity contribution in [1.29, 1.82) is 0 Å². The van der Waals surface area contributed by atoms with E-state index in [-0.39, 0.29) is 11.0 Å². The maximum absolute atomic E-state index is 4.78. The second-order valence-corrected chi connectivity index (χ2v) is 0.882. The van der Waals surface area contributed by atoms with E-state index in [0.717, 1.165) is 0 Å². The molecule has 0 heterocycles. The predicted octanol–water partition coefficient (Wildman–Crippen LogP) is -2.22. The van der Waals surface area contributed by atoms with Crippen LogP contribution in [0.1, 0.15) is 0 Å². The summed E-state index contributed by atoms with van der Waals surface area (Å²) in [5.74, 6) is 0. The van der Waals surface area contributed by atoms with E-state index in [0.29, 0.717) is 0 Å². The van der Waals surface area contributed by atoms with Crippen LogP contribution in [0.4, 0.5) is 0 Å². The fourth-order valence-electron chi connectivity index (χ4n) is 0. The molecule has 4 heavy (non-hydrogen) atoms. The standard InChI is InChI=1S/2B.Nb.H4Si/h;;;1H4. The van der Waals surface area contributed by atoms with E-state index in [1.165, 1.54) is 0 Å². The molecule has 0 saturated carbocycles. The Morgan fingerprint density at radius 3 is 1.25 bits per heavy atom. The van der Waals surface area contributed by atoms with Crippen molar-refractivity contribution < 1.29 is 17.9 Å². The molecule has 0 aromatic heterocycles. The van der Waals surface area contributed by atoms with E-state index in [2.05, 4.69) is 0 Å².